The van der Waals surface area contributed by atoms with Crippen LogP contribution in [-0.4, -0.2) is 41.7 Å². The number of likely N-dealkylation sites (tertiary alicyclic amines) is 1. The predicted octanol–water partition coefficient (Wildman–Crippen LogP) is 2.30. The van der Waals surface area contributed by atoms with Crippen LogP contribution in [-0.2, 0) is 16.1 Å². The smallest absolute Gasteiger partial charge is 0.326 e. The van der Waals surface area contributed by atoms with Gasteiger partial charge >= 0.3 is 12.0 Å². The number of methoxy groups -OCH3 is 1. The molecule has 1 saturated heterocycles. The van der Waals surface area contributed by atoms with E-state index in [1.807, 2.05) is 18.2 Å². The van der Waals surface area contributed by atoms with Gasteiger partial charge in [0.05, 0.1) is 6.61 Å². The third kappa shape index (κ3) is 3.95. The highest BCUT2D eigenvalue weighted by atomic mass is 16.5. The zero-order chi connectivity index (χ0) is 15.2. The Balaban J connectivity index is 2.05. The fraction of sp³-hybridized carbons (Fsp3) is 0.467. The van der Waals surface area contributed by atoms with Crippen LogP contribution in [0, 0.1) is 0 Å². The van der Waals surface area contributed by atoms with E-state index in [-0.39, 0.29) is 6.03 Å². The number of nitrogens with zero attached hydrogens (tertiary/aromatic N) is 1. The van der Waals surface area contributed by atoms with Crippen molar-refractivity contribution in [2.24, 2.45) is 0 Å². The van der Waals surface area contributed by atoms with Crippen molar-refractivity contribution in [1.82, 2.24) is 4.90 Å². The Morgan fingerprint density at radius 2 is 2.24 bits per heavy atom. The number of rotatable bonds is 4. The molecule has 0 radical (unpaired) electrons. The molecule has 0 spiro atoms. The van der Waals surface area contributed by atoms with E-state index in [1.165, 1.54) is 4.90 Å². The average Bonchev–Trinajstić information content (AvgIpc) is 2.48. The molecule has 6 heteroatoms. The lowest BCUT2D eigenvalue weighted by molar-refractivity contribution is -0.143. The number of carbonyl (C=O) groups is 2. The van der Waals surface area contributed by atoms with Gasteiger partial charge in [-0.15, -0.1) is 0 Å². The summed E-state index contributed by atoms with van der Waals surface area (Å²) in [6.07, 6.45) is 2.18. The molecule has 1 atom stereocenters. The van der Waals surface area contributed by atoms with E-state index >= 15 is 0 Å². The van der Waals surface area contributed by atoms with E-state index in [9.17, 15) is 14.7 Å². The van der Waals surface area contributed by atoms with E-state index in [0.29, 0.717) is 25.3 Å². The normalized spacial score (nSPS) is 18.3. The van der Waals surface area contributed by atoms with Crippen LogP contribution in [0.1, 0.15) is 24.8 Å². The largest absolute Gasteiger partial charge is 0.480 e. The molecule has 1 aromatic rings. The molecule has 2 amide bonds. The summed E-state index contributed by atoms with van der Waals surface area (Å²) in [7, 11) is 1.61. The van der Waals surface area contributed by atoms with E-state index < -0.39 is 12.0 Å². The number of piperidine rings is 1. The number of amides is 2. The second-order valence-electron chi connectivity index (χ2n) is 5.11. The quantitative estimate of drug-likeness (QED) is 0.892. The number of hydrogen-bond donors (Lipinski definition) is 2. The molecule has 1 fully saturated rings. The first kappa shape index (κ1) is 15.3. The van der Waals surface area contributed by atoms with Crippen LogP contribution in [0.5, 0.6) is 0 Å². The third-order valence-electron chi connectivity index (χ3n) is 3.54. The van der Waals surface area contributed by atoms with Crippen LogP contribution in [0.3, 0.4) is 0 Å². The topological polar surface area (TPSA) is 78.9 Å². The first-order valence-electron chi connectivity index (χ1n) is 7.00. The first-order valence-corrected chi connectivity index (χ1v) is 7.00. The minimum Gasteiger partial charge on any atom is -0.480 e. The number of anilines is 1. The van der Waals surface area contributed by atoms with Gasteiger partial charge in [0.25, 0.3) is 0 Å². The number of carboxylic acid groups (broad SMARTS) is 1. The summed E-state index contributed by atoms with van der Waals surface area (Å²) in [5.41, 5.74) is 1.59. The molecule has 1 aliphatic rings. The highest BCUT2D eigenvalue weighted by Crippen LogP contribution is 2.19. The van der Waals surface area contributed by atoms with Gasteiger partial charge in [-0.3, -0.25) is 0 Å². The summed E-state index contributed by atoms with van der Waals surface area (Å²) in [5, 5.41) is 12.0. The minimum absolute atomic E-state index is 0.364. The van der Waals surface area contributed by atoms with Crippen LogP contribution in [0.25, 0.3) is 0 Å². The number of carboxylic acids is 1. The van der Waals surface area contributed by atoms with Crippen molar-refractivity contribution in [2.45, 2.75) is 31.9 Å². The molecule has 21 heavy (non-hydrogen) atoms. The van der Waals surface area contributed by atoms with Crippen LogP contribution >= 0.6 is 0 Å². The second kappa shape index (κ2) is 7.08. The Morgan fingerprint density at radius 3 is 2.95 bits per heavy atom. The van der Waals surface area contributed by atoms with Crippen molar-refractivity contribution in [3.05, 3.63) is 29.8 Å². The Morgan fingerprint density at radius 1 is 1.43 bits per heavy atom. The zero-order valence-electron chi connectivity index (χ0n) is 12.0. The average molecular weight is 292 g/mol. The van der Waals surface area contributed by atoms with E-state index in [2.05, 4.69) is 5.32 Å². The molecule has 1 aliphatic heterocycles. The second-order valence-corrected chi connectivity index (χ2v) is 5.11. The van der Waals surface area contributed by atoms with Gasteiger partial charge in [-0.1, -0.05) is 12.1 Å². The summed E-state index contributed by atoms with van der Waals surface area (Å²) in [5.74, 6) is -0.946. The molecule has 1 aromatic carbocycles. The molecule has 1 unspecified atom stereocenters. The predicted molar refractivity (Wildman–Crippen MR) is 78.2 cm³/mol. The van der Waals surface area contributed by atoms with Crippen LogP contribution < -0.4 is 5.32 Å². The summed E-state index contributed by atoms with van der Waals surface area (Å²) in [6, 6.07) is 6.23. The third-order valence-corrected chi connectivity index (χ3v) is 3.54. The Bertz CT molecular complexity index is 518. The molecule has 0 aliphatic carbocycles. The molecular weight excluding hydrogens is 272 g/mol. The maximum Gasteiger partial charge on any atom is 0.326 e. The van der Waals surface area contributed by atoms with Gasteiger partial charge in [0, 0.05) is 19.3 Å². The highest BCUT2D eigenvalue weighted by molar-refractivity contribution is 5.92. The molecule has 2 rings (SSSR count). The number of ether oxygens (including phenoxy) is 1. The van der Waals surface area contributed by atoms with Gasteiger partial charge < -0.3 is 20.1 Å². The summed E-state index contributed by atoms with van der Waals surface area (Å²) in [4.78, 5) is 24.9. The minimum atomic E-state index is -0.946. The molecule has 0 bridgehead atoms. The van der Waals surface area contributed by atoms with Crippen LogP contribution in [0.4, 0.5) is 10.5 Å². The molecule has 6 nitrogen and oxygen atoms in total. The fourth-order valence-corrected chi connectivity index (χ4v) is 2.53. The van der Waals surface area contributed by atoms with Gasteiger partial charge in [-0.2, -0.15) is 0 Å². The van der Waals surface area contributed by atoms with E-state index in [0.717, 1.165) is 18.4 Å². The molecule has 0 aromatic heterocycles. The molecule has 114 valence electrons. The number of carbonyl (C=O) groups excluding carboxylic acids is 1. The van der Waals surface area contributed by atoms with Crippen molar-refractivity contribution in [3.8, 4) is 0 Å². The maximum atomic E-state index is 12.3. The van der Waals surface area contributed by atoms with E-state index in [4.69, 9.17) is 4.74 Å². The van der Waals surface area contributed by atoms with Gasteiger partial charge in [0.1, 0.15) is 6.04 Å². The lowest BCUT2D eigenvalue weighted by Crippen LogP contribution is -2.49. The SMILES string of the molecule is COCc1cccc(NC(=O)N2CCCCC2C(=O)O)c1. The Labute approximate surface area is 123 Å². The van der Waals surface area contributed by atoms with Gasteiger partial charge in [0.15, 0.2) is 0 Å². The first-order chi connectivity index (χ1) is 10.1. The lowest BCUT2D eigenvalue weighted by atomic mass is 10.0. The maximum absolute atomic E-state index is 12.3. The highest BCUT2D eigenvalue weighted by Gasteiger charge is 2.31. The van der Waals surface area contributed by atoms with Gasteiger partial charge in [-0.05, 0) is 37.0 Å². The summed E-state index contributed by atoms with van der Waals surface area (Å²) >= 11 is 0. The Hall–Kier alpha value is -2.08. The number of urea groups is 1. The zero-order valence-corrected chi connectivity index (χ0v) is 12.0. The number of benzene rings is 1. The monoisotopic (exact) mass is 292 g/mol. The van der Waals surface area contributed by atoms with Crippen molar-refractivity contribution in [2.75, 3.05) is 19.0 Å². The number of aliphatic carboxylic acids is 1. The summed E-state index contributed by atoms with van der Waals surface area (Å²) < 4.78 is 5.05. The van der Waals surface area contributed by atoms with Crippen LogP contribution in [0.2, 0.25) is 0 Å². The van der Waals surface area contributed by atoms with Crippen molar-refractivity contribution < 1.29 is 19.4 Å². The molecule has 2 N–H and O–H groups in total. The van der Waals surface area contributed by atoms with Crippen LogP contribution in [0.15, 0.2) is 24.3 Å². The van der Waals surface area contributed by atoms with Crippen molar-refractivity contribution >= 4 is 17.7 Å². The fourth-order valence-electron chi connectivity index (χ4n) is 2.53. The lowest BCUT2D eigenvalue weighted by Gasteiger charge is -2.32. The van der Waals surface area contributed by atoms with Gasteiger partial charge in [-0.25, -0.2) is 9.59 Å². The standard InChI is InChI=1S/C15H20N2O4/c1-21-10-11-5-4-6-12(9-11)16-15(20)17-8-3-2-7-13(17)14(18)19/h4-6,9,13H,2-3,7-8,10H2,1H3,(H,16,20)(H,18,19). The Kier molecular flexibility index (Phi) is 5.16. The number of hydrogen-bond acceptors (Lipinski definition) is 3. The number of nitrogens with one attached hydrogen (secondary N) is 1. The van der Waals surface area contributed by atoms with Gasteiger partial charge in [0.2, 0.25) is 0 Å². The molecule has 1 heterocycles. The molecular formula is C15H20N2O4. The summed E-state index contributed by atoms with van der Waals surface area (Å²) in [6.45, 7) is 0.936. The van der Waals surface area contributed by atoms with Crippen molar-refractivity contribution in [3.63, 3.8) is 0 Å². The van der Waals surface area contributed by atoms with E-state index in [1.54, 1.807) is 13.2 Å². The van der Waals surface area contributed by atoms with Crippen molar-refractivity contribution in [1.29, 1.82) is 0 Å². The molecule has 0 saturated carbocycles.